The van der Waals surface area contributed by atoms with E-state index < -0.39 is 0 Å². The van der Waals surface area contributed by atoms with Gasteiger partial charge in [-0.05, 0) is 29.9 Å². The van der Waals surface area contributed by atoms with Gasteiger partial charge in [-0.1, -0.05) is 31.2 Å². The summed E-state index contributed by atoms with van der Waals surface area (Å²) < 4.78 is 22.6. The lowest BCUT2D eigenvalue weighted by molar-refractivity contribution is 0.0959. The molecule has 2 aliphatic rings. The number of halogens is 1. The Kier molecular flexibility index (Phi) is 4.52. The van der Waals surface area contributed by atoms with E-state index in [0.29, 0.717) is 23.3 Å². The van der Waals surface area contributed by atoms with Gasteiger partial charge >= 0.3 is 0 Å². The maximum atomic E-state index is 15.0. The molecule has 5 rings (SSSR count). The molecule has 0 bridgehead atoms. The second-order valence-electron chi connectivity index (χ2n) is 8.27. The number of methoxy groups -OCH3 is 1. The Bertz CT molecular complexity index is 1040. The first kappa shape index (κ1) is 18.5. The SMILES string of the molecule is CO[C@H]1Cc2ccccc2[C@H]1Nc1ncnc2c1c(F)cn2[C@H]1C[C@@H](O)[C@@H](C)C1. The van der Waals surface area contributed by atoms with Crippen molar-refractivity contribution in [2.45, 2.75) is 50.5 Å². The third kappa shape index (κ3) is 3.00. The maximum Gasteiger partial charge on any atom is 0.154 e. The summed E-state index contributed by atoms with van der Waals surface area (Å²) >= 11 is 0. The van der Waals surface area contributed by atoms with Crippen LogP contribution < -0.4 is 5.32 Å². The number of nitrogens with zero attached hydrogens (tertiary/aromatic N) is 3. The summed E-state index contributed by atoms with van der Waals surface area (Å²) in [5.41, 5.74) is 2.94. The van der Waals surface area contributed by atoms with Crippen molar-refractivity contribution in [2.75, 3.05) is 12.4 Å². The number of aliphatic hydroxyl groups excluding tert-OH is 1. The largest absolute Gasteiger partial charge is 0.393 e. The van der Waals surface area contributed by atoms with Crippen LogP contribution in [-0.4, -0.2) is 39.0 Å². The first-order chi connectivity index (χ1) is 14.1. The van der Waals surface area contributed by atoms with E-state index >= 15 is 4.39 Å². The molecule has 1 aromatic carbocycles. The zero-order valence-corrected chi connectivity index (χ0v) is 16.5. The number of aliphatic hydroxyl groups is 1. The van der Waals surface area contributed by atoms with Crippen molar-refractivity contribution in [1.29, 1.82) is 0 Å². The lowest BCUT2D eigenvalue weighted by Crippen LogP contribution is -2.24. The van der Waals surface area contributed by atoms with Gasteiger partial charge in [0.15, 0.2) is 5.82 Å². The molecule has 29 heavy (non-hydrogen) atoms. The number of fused-ring (bicyclic) bond motifs is 2. The highest BCUT2D eigenvalue weighted by molar-refractivity contribution is 5.88. The Morgan fingerprint density at radius 3 is 2.83 bits per heavy atom. The zero-order valence-electron chi connectivity index (χ0n) is 16.5. The van der Waals surface area contributed by atoms with Crippen LogP contribution in [0.15, 0.2) is 36.8 Å². The van der Waals surface area contributed by atoms with Crippen molar-refractivity contribution in [1.82, 2.24) is 14.5 Å². The average Bonchev–Trinajstić information content (AvgIpc) is 3.36. The maximum absolute atomic E-state index is 15.0. The van der Waals surface area contributed by atoms with E-state index in [1.807, 2.05) is 23.6 Å². The number of hydrogen-bond acceptors (Lipinski definition) is 5. The molecule has 3 aromatic rings. The molecule has 0 amide bonds. The molecule has 152 valence electrons. The first-order valence-electron chi connectivity index (χ1n) is 10.1. The normalized spacial score (nSPS) is 28.8. The van der Waals surface area contributed by atoms with Crippen molar-refractivity contribution < 1.29 is 14.2 Å². The van der Waals surface area contributed by atoms with E-state index in [2.05, 4.69) is 27.4 Å². The predicted octanol–water partition coefficient (Wildman–Crippen LogP) is 3.63. The summed E-state index contributed by atoms with van der Waals surface area (Å²) in [6.07, 6.45) is 4.78. The highest BCUT2D eigenvalue weighted by atomic mass is 19.1. The van der Waals surface area contributed by atoms with Crippen LogP contribution in [-0.2, 0) is 11.2 Å². The Balaban J connectivity index is 1.53. The summed E-state index contributed by atoms with van der Waals surface area (Å²) in [5.74, 6) is 0.316. The molecule has 0 aliphatic heterocycles. The number of ether oxygens (including phenoxy) is 1. The molecule has 1 fully saturated rings. The van der Waals surface area contributed by atoms with Gasteiger partial charge in [-0.2, -0.15) is 0 Å². The van der Waals surface area contributed by atoms with Crippen LogP contribution in [0.5, 0.6) is 0 Å². The lowest BCUT2D eigenvalue weighted by atomic mass is 10.1. The van der Waals surface area contributed by atoms with Crippen LogP contribution in [0.4, 0.5) is 10.2 Å². The molecule has 7 heteroatoms. The van der Waals surface area contributed by atoms with Crippen molar-refractivity contribution >= 4 is 16.9 Å². The second-order valence-corrected chi connectivity index (χ2v) is 8.27. The predicted molar refractivity (Wildman–Crippen MR) is 108 cm³/mol. The van der Waals surface area contributed by atoms with E-state index in [9.17, 15) is 5.11 Å². The minimum Gasteiger partial charge on any atom is -0.393 e. The van der Waals surface area contributed by atoms with E-state index in [0.717, 1.165) is 18.4 Å². The number of aromatic nitrogens is 3. The van der Waals surface area contributed by atoms with Crippen molar-refractivity contribution in [3.05, 3.63) is 53.7 Å². The number of rotatable bonds is 4. The van der Waals surface area contributed by atoms with Gasteiger partial charge in [0.1, 0.15) is 17.8 Å². The van der Waals surface area contributed by atoms with Crippen LogP contribution in [0.2, 0.25) is 0 Å². The van der Waals surface area contributed by atoms with Gasteiger partial charge in [0.25, 0.3) is 0 Å². The van der Waals surface area contributed by atoms with E-state index in [4.69, 9.17) is 4.74 Å². The van der Waals surface area contributed by atoms with Crippen molar-refractivity contribution in [3.8, 4) is 0 Å². The van der Waals surface area contributed by atoms with Crippen LogP contribution in [0.25, 0.3) is 11.0 Å². The van der Waals surface area contributed by atoms with Gasteiger partial charge in [-0.25, -0.2) is 14.4 Å². The zero-order chi connectivity index (χ0) is 20.1. The Morgan fingerprint density at radius 1 is 1.24 bits per heavy atom. The molecule has 2 aliphatic carbocycles. The van der Waals surface area contributed by atoms with Crippen LogP contribution in [0.3, 0.4) is 0 Å². The fourth-order valence-electron chi connectivity index (χ4n) is 4.94. The lowest BCUT2D eigenvalue weighted by Gasteiger charge is -2.21. The molecular formula is C22H25FN4O2. The van der Waals surface area contributed by atoms with Gasteiger partial charge in [0.05, 0.1) is 23.6 Å². The van der Waals surface area contributed by atoms with Gasteiger partial charge in [0, 0.05) is 25.8 Å². The Morgan fingerprint density at radius 2 is 2.07 bits per heavy atom. The molecule has 0 radical (unpaired) electrons. The molecule has 6 nitrogen and oxygen atoms in total. The van der Waals surface area contributed by atoms with Crippen LogP contribution in [0.1, 0.15) is 43.0 Å². The van der Waals surface area contributed by atoms with Crippen LogP contribution >= 0.6 is 0 Å². The summed E-state index contributed by atoms with van der Waals surface area (Å²) in [6, 6.07) is 8.13. The van der Waals surface area contributed by atoms with Crippen molar-refractivity contribution in [2.24, 2.45) is 5.92 Å². The molecule has 0 spiro atoms. The van der Waals surface area contributed by atoms with Gasteiger partial charge in [0.2, 0.25) is 0 Å². The van der Waals surface area contributed by atoms with E-state index in [-0.39, 0.29) is 36.0 Å². The molecule has 0 saturated heterocycles. The quantitative estimate of drug-likeness (QED) is 0.705. The number of nitrogens with one attached hydrogen (secondary N) is 1. The number of benzene rings is 1. The van der Waals surface area contributed by atoms with Crippen LogP contribution in [0, 0.1) is 11.7 Å². The van der Waals surface area contributed by atoms with E-state index in [1.54, 1.807) is 7.11 Å². The summed E-state index contributed by atoms with van der Waals surface area (Å²) in [7, 11) is 1.70. The minimum absolute atomic E-state index is 0.0358. The number of hydrogen-bond donors (Lipinski definition) is 2. The highest BCUT2D eigenvalue weighted by Gasteiger charge is 2.35. The van der Waals surface area contributed by atoms with Gasteiger partial charge < -0.3 is 19.7 Å². The van der Waals surface area contributed by atoms with E-state index in [1.165, 1.54) is 18.1 Å². The van der Waals surface area contributed by atoms with Gasteiger partial charge in [-0.15, -0.1) is 0 Å². The molecule has 5 atom stereocenters. The molecule has 0 unspecified atom stereocenters. The Labute approximate surface area is 168 Å². The number of anilines is 1. The molecule has 2 aromatic heterocycles. The summed E-state index contributed by atoms with van der Waals surface area (Å²) in [6.45, 7) is 2.02. The fourth-order valence-corrected chi connectivity index (χ4v) is 4.94. The third-order valence-corrected chi connectivity index (χ3v) is 6.55. The summed E-state index contributed by atoms with van der Waals surface area (Å²) in [5, 5.41) is 13.9. The standard InChI is InChI=1S/C22H25FN4O2/c1-12-7-14(9-17(12)28)27-10-16(23)19-21(24-11-25-22(19)27)26-20-15-6-4-3-5-13(15)8-18(20)29-2/h3-6,10-12,14,17-18,20,28H,7-9H2,1-2H3,(H,24,25,26)/t12-,14+,17+,18-,20+/m0/s1. The summed E-state index contributed by atoms with van der Waals surface area (Å²) in [4.78, 5) is 8.74. The second kappa shape index (κ2) is 7.07. The third-order valence-electron chi connectivity index (χ3n) is 6.55. The van der Waals surface area contributed by atoms with Gasteiger partial charge in [-0.3, -0.25) is 0 Å². The minimum atomic E-state index is -0.364. The van der Waals surface area contributed by atoms with Crippen molar-refractivity contribution in [3.63, 3.8) is 0 Å². The average molecular weight is 396 g/mol. The molecule has 2 N–H and O–H groups in total. The first-order valence-corrected chi connectivity index (χ1v) is 10.1. The molecule has 1 saturated carbocycles. The smallest absolute Gasteiger partial charge is 0.154 e. The Hall–Kier alpha value is -2.51. The highest BCUT2D eigenvalue weighted by Crippen LogP contribution is 2.40. The monoisotopic (exact) mass is 396 g/mol. The molecular weight excluding hydrogens is 371 g/mol. The topological polar surface area (TPSA) is 72.2 Å². The molecule has 2 heterocycles. The fraction of sp³-hybridized carbons (Fsp3) is 0.455.